The highest BCUT2D eigenvalue weighted by Crippen LogP contribution is 2.32. The van der Waals surface area contributed by atoms with Crippen molar-refractivity contribution < 1.29 is 4.48 Å². The van der Waals surface area contributed by atoms with Crippen LogP contribution in [0.15, 0.2) is 42.5 Å². The molecule has 0 aliphatic heterocycles. The lowest BCUT2D eigenvalue weighted by Gasteiger charge is -2.24. The van der Waals surface area contributed by atoms with Gasteiger partial charge in [-0.05, 0) is 37.6 Å². The average molecular weight is 293 g/mol. The van der Waals surface area contributed by atoms with Crippen LogP contribution in [-0.4, -0.2) is 30.6 Å². The number of aromatic amines is 1. The first-order chi connectivity index (χ1) is 10.3. The van der Waals surface area contributed by atoms with Crippen LogP contribution < -0.4 is 0 Å². The third-order valence-corrected chi connectivity index (χ3v) is 3.96. The highest BCUT2D eigenvalue weighted by molar-refractivity contribution is 5.90. The fourth-order valence-electron chi connectivity index (χ4n) is 3.20. The van der Waals surface area contributed by atoms with Crippen molar-refractivity contribution in [1.29, 1.82) is 0 Å². The normalized spacial score (nSPS) is 12.0. The van der Waals surface area contributed by atoms with Gasteiger partial charge in [0, 0.05) is 16.5 Å². The first-order valence-corrected chi connectivity index (χ1v) is 7.82. The summed E-state index contributed by atoms with van der Waals surface area (Å²) in [6, 6.07) is 15.4. The van der Waals surface area contributed by atoms with Crippen LogP contribution in [0.5, 0.6) is 0 Å². The zero-order valence-electron chi connectivity index (χ0n) is 14.2. The lowest BCUT2D eigenvalue weighted by atomic mass is 10.0. The van der Waals surface area contributed by atoms with Crippen LogP contribution in [0, 0.1) is 13.8 Å². The number of fused-ring (bicyclic) bond motifs is 1. The number of H-pyrrole nitrogens is 1. The van der Waals surface area contributed by atoms with Crippen LogP contribution >= 0.6 is 0 Å². The summed E-state index contributed by atoms with van der Waals surface area (Å²) in [5, 5.41) is 1.34. The molecule has 0 aliphatic rings. The Labute approximate surface area is 133 Å². The number of rotatable bonds is 3. The minimum atomic E-state index is 0.916. The van der Waals surface area contributed by atoms with Gasteiger partial charge < -0.3 is 9.47 Å². The molecule has 1 heterocycles. The number of nitrogens with zero attached hydrogens (tertiary/aromatic N) is 1. The van der Waals surface area contributed by atoms with Crippen LogP contribution in [0.3, 0.4) is 0 Å². The SMILES string of the molecule is Cc1cc(C)cc(-c2[nH]c3ccccc3c2C[N+](C)(C)C)c1. The fourth-order valence-corrected chi connectivity index (χ4v) is 3.20. The van der Waals surface area contributed by atoms with Crippen molar-refractivity contribution in [2.45, 2.75) is 20.4 Å². The van der Waals surface area contributed by atoms with Gasteiger partial charge in [0.2, 0.25) is 0 Å². The van der Waals surface area contributed by atoms with Gasteiger partial charge in [0.25, 0.3) is 0 Å². The Kier molecular flexibility index (Phi) is 3.57. The van der Waals surface area contributed by atoms with Gasteiger partial charge in [0.1, 0.15) is 6.54 Å². The van der Waals surface area contributed by atoms with Crippen molar-refractivity contribution in [3.05, 3.63) is 59.2 Å². The third-order valence-electron chi connectivity index (χ3n) is 3.96. The topological polar surface area (TPSA) is 15.8 Å². The Morgan fingerprint density at radius 2 is 1.55 bits per heavy atom. The maximum absolute atomic E-state index is 3.65. The quantitative estimate of drug-likeness (QED) is 0.676. The van der Waals surface area contributed by atoms with Crippen LogP contribution in [-0.2, 0) is 6.54 Å². The second-order valence-electron chi connectivity index (χ2n) is 7.35. The van der Waals surface area contributed by atoms with Gasteiger partial charge in [0.15, 0.2) is 0 Å². The van der Waals surface area contributed by atoms with Crippen molar-refractivity contribution in [3.63, 3.8) is 0 Å². The first-order valence-electron chi connectivity index (χ1n) is 7.82. The van der Waals surface area contributed by atoms with E-state index in [0.29, 0.717) is 0 Å². The number of nitrogens with one attached hydrogen (secondary N) is 1. The fraction of sp³-hybridized carbons (Fsp3) is 0.300. The lowest BCUT2D eigenvalue weighted by molar-refractivity contribution is -0.883. The average Bonchev–Trinajstić information content (AvgIpc) is 2.75. The van der Waals surface area contributed by atoms with E-state index in [2.05, 4.69) is 82.4 Å². The molecule has 2 aromatic carbocycles. The molecule has 0 amide bonds. The molecule has 0 radical (unpaired) electrons. The summed E-state index contributed by atoms with van der Waals surface area (Å²) < 4.78 is 0.916. The van der Waals surface area contributed by atoms with Crippen molar-refractivity contribution >= 4 is 10.9 Å². The summed E-state index contributed by atoms with van der Waals surface area (Å²) in [7, 11) is 6.73. The molecule has 1 aromatic heterocycles. The molecule has 0 atom stereocenters. The predicted molar refractivity (Wildman–Crippen MR) is 94.9 cm³/mol. The summed E-state index contributed by atoms with van der Waals surface area (Å²) in [5.74, 6) is 0. The van der Waals surface area contributed by atoms with Gasteiger partial charge in [-0.2, -0.15) is 0 Å². The zero-order chi connectivity index (χ0) is 15.9. The van der Waals surface area contributed by atoms with Crippen molar-refractivity contribution in [2.75, 3.05) is 21.1 Å². The molecular formula is C20H25N2+. The number of para-hydroxylation sites is 1. The summed E-state index contributed by atoms with van der Waals surface area (Å²) in [6.45, 7) is 5.34. The Hall–Kier alpha value is -2.06. The van der Waals surface area contributed by atoms with Gasteiger partial charge in [0.05, 0.1) is 26.8 Å². The molecular weight excluding hydrogens is 268 g/mol. The Morgan fingerprint density at radius 1 is 0.909 bits per heavy atom. The minimum absolute atomic E-state index is 0.916. The second kappa shape index (κ2) is 5.29. The van der Waals surface area contributed by atoms with Crippen LogP contribution in [0.4, 0.5) is 0 Å². The van der Waals surface area contributed by atoms with E-state index in [-0.39, 0.29) is 0 Å². The van der Waals surface area contributed by atoms with E-state index in [9.17, 15) is 0 Å². The van der Waals surface area contributed by atoms with E-state index < -0.39 is 0 Å². The molecule has 0 saturated heterocycles. The summed E-state index contributed by atoms with van der Waals surface area (Å²) in [5.41, 5.74) is 7.81. The van der Waals surface area contributed by atoms with E-state index in [4.69, 9.17) is 0 Å². The number of hydrogen-bond donors (Lipinski definition) is 1. The standard InChI is InChI=1S/C20H25N2/c1-14-10-15(2)12-16(11-14)20-18(13-22(3,4)5)17-8-6-7-9-19(17)21-20/h6-12,21H,13H2,1-5H3/q+1. The molecule has 1 N–H and O–H groups in total. The highest BCUT2D eigenvalue weighted by Gasteiger charge is 2.19. The van der Waals surface area contributed by atoms with Crippen molar-refractivity contribution in [2.24, 2.45) is 0 Å². The summed E-state index contributed by atoms with van der Waals surface area (Å²) in [4.78, 5) is 3.65. The minimum Gasteiger partial charge on any atom is -0.354 e. The Morgan fingerprint density at radius 3 is 2.18 bits per heavy atom. The zero-order valence-corrected chi connectivity index (χ0v) is 14.2. The van der Waals surface area contributed by atoms with E-state index in [1.54, 1.807) is 0 Å². The molecule has 0 saturated carbocycles. The van der Waals surface area contributed by atoms with Gasteiger partial charge in [-0.3, -0.25) is 0 Å². The van der Waals surface area contributed by atoms with Gasteiger partial charge in [-0.15, -0.1) is 0 Å². The van der Waals surface area contributed by atoms with E-state index in [1.807, 2.05) is 0 Å². The maximum Gasteiger partial charge on any atom is 0.106 e. The van der Waals surface area contributed by atoms with Crippen molar-refractivity contribution in [1.82, 2.24) is 4.98 Å². The largest absolute Gasteiger partial charge is 0.354 e. The van der Waals surface area contributed by atoms with Crippen LogP contribution in [0.2, 0.25) is 0 Å². The first kappa shape index (κ1) is 14.9. The monoisotopic (exact) mass is 293 g/mol. The molecule has 3 aromatic rings. The van der Waals surface area contributed by atoms with E-state index in [1.165, 1.54) is 38.9 Å². The van der Waals surface area contributed by atoms with Gasteiger partial charge in [-0.25, -0.2) is 0 Å². The maximum atomic E-state index is 3.65. The van der Waals surface area contributed by atoms with Crippen LogP contribution in [0.1, 0.15) is 16.7 Å². The van der Waals surface area contributed by atoms with Crippen LogP contribution in [0.25, 0.3) is 22.2 Å². The van der Waals surface area contributed by atoms with E-state index >= 15 is 0 Å². The van der Waals surface area contributed by atoms with Gasteiger partial charge >= 0.3 is 0 Å². The lowest BCUT2D eigenvalue weighted by Crippen LogP contribution is -2.33. The molecule has 0 bridgehead atoms. The molecule has 114 valence electrons. The summed E-state index contributed by atoms with van der Waals surface area (Å²) in [6.07, 6.45) is 0. The molecule has 2 heteroatoms. The number of hydrogen-bond acceptors (Lipinski definition) is 0. The molecule has 0 fully saturated rings. The number of quaternary nitrogens is 1. The summed E-state index contributed by atoms with van der Waals surface area (Å²) >= 11 is 0. The second-order valence-corrected chi connectivity index (χ2v) is 7.35. The number of benzene rings is 2. The molecule has 22 heavy (non-hydrogen) atoms. The third kappa shape index (κ3) is 2.93. The van der Waals surface area contributed by atoms with E-state index in [0.717, 1.165) is 11.0 Å². The Balaban J connectivity index is 2.25. The number of aryl methyl sites for hydroxylation is 2. The number of aromatic nitrogens is 1. The molecule has 2 nitrogen and oxygen atoms in total. The van der Waals surface area contributed by atoms with Crippen molar-refractivity contribution in [3.8, 4) is 11.3 Å². The molecule has 3 rings (SSSR count). The highest BCUT2D eigenvalue weighted by atomic mass is 15.3. The molecule has 0 aliphatic carbocycles. The Bertz CT molecular complexity index is 799. The molecule has 0 unspecified atom stereocenters. The predicted octanol–water partition coefficient (Wildman–Crippen LogP) is 4.66. The molecule has 0 spiro atoms. The smallest absolute Gasteiger partial charge is 0.106 e. The van der Waals surface area contributed by atoms with Gasteiger partial charge in [-0.1, -0.05) is 35.4 Å².